The molecule has 0 bridgehead atoms. The van der Waals surface area contributed by atoms with Gasteiger partial charge in [-0.2, -0.15) is 0 Å². The van der Waals surface area contributed by atoms with E-state index >= 15 is 0 Å². The molecule has 5 heteroatoms. The van der Waals surface area contributed by atoms with Crippen molar-refractivity contribution in [3.63, 3.8) is 0 Å². The minimum absolute atomic E-state index is 0. The Hall–Kier alpha value is 0.845. The van der Waals surface area contributed by atoms with Gasteiger partial charge >= 0.3 is 27.7 Å². The molecule has 0 aliphatic heterocycles. The van der Waals surface area contributed by atoms with E-state index in [9.17, 15) is 0 Å². The monoisotopic (exact) mass is 283 g/mol. The summed E-state index contributed by atoms with van der Waals surface area (Å²) in [5.41, 5.74) is 0. The fourth-order valence-corrected chi connectivity index (χ4v) is 0. The van der Waals surface area contributed by atoms with Crippen LogP contribution in [0, 0.1) is 0 Å². The molecule has 0 spiro atoms. The normalized spacial score (nSPS) is 6.80. The maximum absolute atomic E-state index is 8.56. The zero-order valence-electron chi connectivity index (χ0n) is 2.38. The van der Waals surface area contributed by atoms with E-state index in [1.165, 1.54) is 0 Å². The van der Waals surface area contributed by atoms with E-state index in [0.717, 1.165) is 0 Å². The van der Waals surface area contributed by atoms with Crippen LogP contribution in [0.5, 0.6) is 0 Å². The van der Waals surface area contributed by atoms with Gasteiger partial charge in [0, 0.05) is 11.0 Å². The second kappa shape index (κ2) is 4.85. The van der Waals surface area contributed by atoms with Crippen LogP contribution in [0.2, 0.25) is 0 Å². The van der Waals surface area contributed by atoms with Crippen molar-refractivity contribution in [2.24, 2.45) is 0 Å². The predicted molar refractivity (Wildman–Crippen MR) is 11.4 cm³/mol. The van der Waals surface area contributed by atoms with Crippen LogP contribution in [0.3, 0.4) is 0 Å². The average molecular weight is 282 g/mol. The molecule has 0 aliphatic rings. The third-order valence-electron chi connectivity index (χ3n) is 0. The summed E-state index contributed by atoms with van der Waals surface area (Å²) >= 11 is 0. The molecule has 3 nitrogen and oxygen atoms in total. The molecule has 27 valence electrons. The Balaban J connectivity index is 0. The topological polar surface area (TPSA) is 54.4 Å². The van der Waals surface area contributed by atoms with Gasteiger partial charge in [-0.3, -0.25) is 0 Å². The van der Waals surface area contributed by atoms with Gasteiger partial charge in [-0.25, -0.2) is 0 Å². The van der Waals surface area contributed by atoms with Crippen LogP contribution in [0.1, 0.15) is 0 Å². The van der Waals surface area contributed by atoms with Crippen LogP contribution in [0.15, 0.2) is 0 Å². The van der Waals surface area contributed by atoms with E-state index in [1.54, 1.807) is 0 Å². The van der Waals surface area contributed by atoms with E-state index < -0.39 is 11.0 Å². The summed E-state index contributed by atoms with van der Waals surface area (Å²) < 4.78 is 24.1. The standard InChI is InChI=1S/Hg.HO3S/c;1-4(2)3/h;(H,1,2,3)/q+1;-1. The molecule has 0 aliphatic carbocycles. The minimum Gasteiger partial charge on any atom is -0.439 e. The van der Waals surface area contributed by atoms with Gasteiger partial charge < -0.3 is 13.0 Å². The summed E-state index contributed by atoms with van der Waals surface area (Å²) in [6.07, 6.45) is 0. The molecule has 1 N–H and O–H groups in total. The summed E-state index contributed by atoms with van der Waals surface area (Å²) in [4.78, 5) is 0. The summed E-state index contributed by atoms with van der Waals surface area (Å²) in [5.74, 6) is 0. The van der Waals surface area contributed by atoms with Crippen molar-refractivity contribution in [1.82, 2.24) is 0 Å². The van der Waals surface area contributed by atoms with Gasteiger partial charge in [-0.05, 0) is 0 Å². The molecule has 0 saturated carbocycles. The Morgan fingerprint density at radius 2 is 1.40 bits per heavy atom. The average Bonchev–Trinajstić information content (AvgIpc) is 0.811. The van der Waals surface area contributed by atoms with E-state index in [4.69, 9.17) is 13.0 Å². The third-order valence-corrected chi connectivity index (χ3v) is 0. The van der Waals surface area contributed by atoms with E-state index in [1.807, 2.05) is 0 Å². The van der Waals surface area contributed by atoms with Crippen molar-refractivity contribution in [2.75, 3.05) is 0 Å². The smallest absolute Gasteiger partial charge is 0.439 e. The van der Waals surface area contributed by atoms with Crippen LogP contribution in [-0.4, -0.2) is 4.55 Å². The van der Waals surface area contributed by atoms with Crippen molar-refractivity contribution in [3.05, 3.63) is 0 Å². The van der Waals surface area contributed by atoms with Crippen LogP contribution < -0.4 is 0 Å². The first kappa shape index (κ1) is 9.28. The van der Waals surface area contributed by atoms with Gasteiger partial charge in [0.25, 0.3) is 0 Å². The molecule has 0 fully saturated rings. The molecule has 5 heavy (non-hydrogen) atoms. The van der Waals surface area contributed by atoms with Crippen molar-refractivity contribution in [2.45, 2.75) is 0 Å². The van der Waals surface area contributed by atoms with E-state index in [-0.39, 0.29) is 27.7 Å². The van der Waals surface area contributed by atoms with Crippen LogP contribution in [0.25, 0.3) is 0 Å². The maximum atomic E-state index is 8.56. The van der Waals surface area contributed by atoms with Gasteiger partial charge in [0.05, 0.1) is 0 Å². The number of hydrogen-bond acceptors (Lipinski definition) is 3. The van der Waals surface area contributed by atoms with Crippen molar-refractivity contribution in [1.29, 1.82) is 0 Å². The molecule has 0 heterocycles. The molecule has 0 unspecified atom stereocenters. The Morgan fingerprint density at radius 1 is 1.40 bits per heavy atom. The maximum Gasteiger partial charge on any atom is 1.00 e. The number of hydrogen-bond donors (Lipinski definition) is 1. The second-order valence-electron chi connectivity index (χ2n) is 0.217. The molecule has 0 aromatic rings. The van der Waals surface area contributed by atoms with Gasteiger partial charge in [0.15, 0.2) is 0 Å². The summed E-state index contributed by atoms with van der Waals surface area (Å²) in [7, 11) is -2.86. The summed E-state index contributed by atoms with van der Waals surface area (Å²) in [5, 5.41) is 0. The van der Waals surface area contributed by atoms with Crippen LogP contribution in [-0.2, 0) is 47.1 Å². The SMILES string of the molecule is O=[S-](=O)O.[Hg+]. The molecule has 0 atom stereocenters. The molecule has 0 aromatic heterocycles. The molecule has 1 radical (unpaired) electrons. The van der Waals surface area contributed by atoms with Crippen molar-refractivity contribution < 1.29 is 40.6 Å². The minimum atomic E-state index is -2.86. The molecule has 0 saturated heterocycles. The molecular formula is HHgO3S. The number of rotatable bonds is 0. The van der Waals surface area contributed by atoms with Crippen LogP contribution >= 0.6 is 0 Å². The second-order valence-corrected chi connectivity index (χ2v) is 0.651. The zero-order valence-corrected chi connectivity index (χ0v) is 8.69. The summed E-state index contributed by atoms with van der Waals surface area (Å²) in [6, 6.07) is 0. The zero-order chi connectivity index (χ0) is 3.58. The van der Waals surface area contributed by atoms with Crippen molar-refractivity contribution in [3.8, 4) is 0 Å². The van der Waals surface area contributed by atoms with Gasteiger partial charge in [0.1, 0.15) is 0 Å². The first-order valence-electron chi connectivity index (χ1n) is 0.516. The van der Waals surface area contributed by atoms with E-state index in [2.05, 4.69) is 0 Å². The summed E-state index contributed by atoms with van der Waals surface area (Å²) in [6.45, 7) is 0. The first-order valence-corrected chi connectivity index (χ1v) is 1.55. The molecule has 0 amide bonds. The third kappa shape index (κ3) is 54.9. The Labute approximate surface area is 51.7 Å². The van der Waals surface area contributed by atoms with E-state index in [0.29, 0.717) is 0 Å². The molecular weight excluding hydrogens is 281 g/mol. The van der Waals surface area contributed by atoms with Gasteiger partial charge in [0.2, 0.25) is 0 Å². The van der Waals surface area contributed by atoms with Gasteiger partial charge in [-0.15, -0.1) is 0 Å². The quantitative estimate of drug-likeness (QED) is 0.289. The Bertz CT molecular complexity index is 55.3. The molecule has 0 aromatic carbocycles. The van der Waals surface area contributed by atoms with Gasteiger partial charge in [-0.1, -0.05) is 0 Å². The largest absolute Gasteiger partial charge is 1.00 e. The Morgan fingerprint density at radius 3 is 1.40 bits per heavy atom. The van der Waals surface area contributed by atoms with Crippen LogP contribution in [0.4, 0.5) is 0 Å². The Kier molecular flexibility index (Phi) is 8.99. The fourth-order valence-electron chi connectivity index (χ4n) is 0. The predicted octanol–water partition coefficient (Wildman–Crippen LogP) is -0.234. The van der Waals surface area contributed by atoms with Crippen molar-refractivity contribution >= 4 is 11.0 Å². The fraction of sp³-hybridized carbons (Fsp3) is 0. The first-order chi connectivity index (χ1) is 1.73. The molecule has 0 rings (SSSR count).